The molecule has 0 bridgehead atoms. The fourth-order valence-corrected chi connectivity index (χ4v) is 6.27. The molecule has 0 aliphatic heterocycles. The van der Waals surface area contributed by atoms with Crippen molar-refractivity contribution in [2.75, 3.05) is 17.7 Å². The van der Waals surface area contributed by atoms with E-state index in [0.29, 0.717) is 16.6 Å². The number of nitrogens with zero attached hydrogens (tertiary/aromatic N) is 5. The van der Waals surface area contributed by atoms with Crippen molar-refractivity contribution >= 4 is 49.6 Å². The Kier molecular flexibility index (Phi) is 5.23. The van der Waals surface area contributed by atoms with Crippen LogP contribution in [0.15, 0.2) is 77.7 Å². The first-order valence-electron chi connectivity index (χ1n) is 11.4. The molecule has 0 spiro atoms. The zero-order chi connectivity index (χ0) is 24.2. The molecule has 0 atom stereocenters. The molecular weight excluding hydrogens is 482 g/mol. The number of benzene rings is 3. The first-order chi connectivity index (χ1) is 16.9. The van der Waals surface area contributed by atoms with Gasteiger partial charge in [0, 0.05) is 18.1 Å². The molecule has 176 valence electrons. The number of anilines is 2. The molecule has 9 heteroatoms. The molecule has 0 saturated heterocycles. The van der Waals surface area contributed by atoms with Gasteiger partial charge in [-0.3, -0.25) is 0 Å². The van der Waals surface area contributed by atoms with Gasteiger partial charge in [-0.1, -0.05) is 36.4 Å². The van der Waals surface area contributed by atoms with Gasteiger partial charge in [-0.15, -0.1) is 10.2 Å². The van der Waals surface area contributed by atoms with Crippen molar-refractivity contribution in [3.63, 3.8) is 0 Å². The van der Waals surface area contributed by atoms with Crippen LogP contribution in [-0.2, 0) is 9.84 Å². The summed E-state index contributed by atoms with van der Waals surface area (Å²) in [5.41, 5.74) is 3.73. The molecule has 1 saturated carbocycles. The van der Waals surface area contributed by atoms with Crippen LogP contribution in [0.25, 0.3) is 27.8 Å². The minimum Gasteiger partial charge on any atom is -0.329 e. The van der Waals surface area contributed by atoms with Crippen molar-refractivity contribution in [3.05, 3.63) is 78.1 Å². The second-order valence-corrected chi connectivity index (χ2v) is 11.3. The van der Waals surface area contributed by atoms with E-state index in [4.69, 9.17) is 16.6 Å². The Hall–Kier alpha value is -3.49. The molecule has 5 aromatic rings. The molecule has 0 radical (unpaired) electrons. The highest BCUT2D eigenvalue weighted by Crippen LogP contribution is 2.34. The van der Waals surface area contributed by atoms with Gasteiger partial charge in [0.25, 0.3) is 5.78 Å². The minimum atomic E-state index is -3.23. The van der Waals surface area contributed by atoms with Gasteiger partial charge in [0.1, 0.15) is 5.82 Å². The lowest BCUT2D eigenvalue weighted by atomic mass is 10.0. The van der Waals surface area contributed by atoms with E-state index in [-0.39, 0.29) is 11.0 Å². The van der Waals surface area contributed by atoms with Crippen LogP contribution in [-0.4, -0.2) is 40.8 Å². The standard InChI is InChI=1S/C26H22ClN5O2S/c1-31(24-22-7-2-3-8-23(22)32-25(27)29-30-26(32)28-24)20-6-4-5-19(15-20)18-11-13-21(14-12-18)35(33,34)16-17-9-10-17/h2-8,11-15,17H,9-10,16H2,1H3. The van der Waals surface area contributed by atoms with Gasteiger partial charge in [-0.05, 0) is 77.9 Å². The van der Waals surface area contributed by atoms with Crippen molar-refractivity contribution < 1.29 is 8.42 Å². The lowest BCUT2D eigenvalue weighted by Crippen LogP contribution is -2.13. The molecule has 35 heavy (non-hydrogen) atoms. The maximum Gasteiger partial charge on any atom is 0.258 e. The van der Waals surface area contributed by atoms with E-state index < -0.39 is 9.84 Å². The second kappa shape index (κ2) is 8.32. The Labute approximate surface area is 207 Å². The van der Waals surface area contributed by atoms with Crippen molar-refractivity contribution in [2.45, 2.75) is 17.7 Å². The van der Waals surface area contributed by atoms with Gasteiger partial charge >= 0.3 is 0 Å². The van der Waals surface area contributed by atoms with Crippen LogP contribution >= 0.6 is 11.6 Å². The SMILES string of the molecule is CN(c1cccc(-c2ccc(S(=O)(=O)CC3CC3)cc2)c1)c1nc2nnc(Cl)n2c2ccccc12. The van der Waals surface area contributed by atoms with Crippen molar-refractivity contribution in [3.8, 4) is 11.1 Å². The van der Waals surface area contributed by atoms with Crippen LogP contribution in [0.4, 0.5) is 11.5 Å². The quantitative estimate of drug-likeness (QED) is 0.302. The van der Waals surface area contributed by atoms with Crippen LogP contribution in [0.3, 0.4) is 0 Å². The summed E-state index contributed by atoms with van der Waals surface area (Å²) in [5, 5.41) is 9.27. The first kappa shape index (κ1) is 22.0. The van der Waals surface area contributed by atoms with Crippen LogP contribution < -0.4 is 4.90 Å². The van der Waals surface area contributed by atoms with E-state index in [1.807, 2.05) is 66.5 Å². The van der Waals surface area contributed by atoms with Crippen LogP contribution in [0.1, 0.15) is 12.8 Å². The lowest BCUT2D eigenvalue weighted by Gasteiger charge is -2.21. The molecule has 6 rings (SSSR count). The molecule has 7 nitrogen and oxygen atoms in total. The van der Waals surface area contributed by atoms with Crippen molar-refractivity contribution in [2.24, 2.45) is 5.92 Å². The van der Waals surface area contributed by atoms with Gasteiger partial charge in [0.05, 0.1) is 16.2 Å². The summed E-state index contributed by atoms with van der Waals surface area (Å²) in [6, 6.07) is 23.1. The monoisotopic (exact) mass is 503 g/mol. The molecule has 0 N–H and O–H groups in total. The number of fused-ring (bicyclic) bond motifs is 3. The molecule has 1 aliphatic rings. The van der Waals surface area contributed by atoms with E-state index in [9.17, 15) is 8.42 Å². The Morgan fingerprint density at radius 2 is 1.74 bits per heavy atom. The maximum atomic E-state index is 12.6. The van der Waals surface area contributed by atoms with Crippen LogP contribution in [0, 0.1) is 5.92 Å². The minimum absolute atomic E-state index is 0.245. The number of halogens is 1. The first-order valence-corrected chi connectivity index (χ1v) is 13.4. The number of sulfone groups is 1. The Morgan fingerprint density at radius 1 is 0.971 bits per heavy atom. The normalized spacial score (nSPS) is 14.0. The van der Waals surface area contributed by atoms with E-state index in [2.05, 4.69) is 16.3 Å². The zero-order valence-electron chi connectivity index (χ0n) is 19.0. The molecule has 0 amide bonds. The smallest absolute Gasteiger partial charge is 0.258 e. The third-order valence-electron chi connectivity index (χ3n) is 6.45. The summed E-state index contributed by atoms with van der Waals surface area (Å²) >= 11 is 6.25. The van der Waals surface area contributed by atoms with Gasteiger partial charge in [-0.25, -0.2) is 12.8 Å². The molecule has 0 unspecified atom stereocenters. The summed E-state index contributed by atoms with van der Waals surface area (Å²) in [6.45, 7) is 0. The van der Waals surface area contributed by atoms with E-state index >= 15 is 0 Å². The molecule has 3 aromatic carbocycles. The lowest BCUT2D eigenvalue weighted by molar-refractivity contribution is 0.592. The summed E-state index contributed by atoms with van der Waals surface area (Å²) in [7, 11) is -1.28. The number of hydrogen-bond acceptors (Lipinski definition) is 6. The summed E-state index contributed by atoms with van der Waals surface area (Å²) < 4.78 is 26.9. The second-order valence-electron chi connectivity index (χ2n) is 8.92. The number of para-hydroxylation sites is 1. The predicted octanol–water partition coefficient (Wildman–Crippen LogP) is 5.55. The highest BCUT2D eigenvalue weighted by atomic mass is 35.5. The highest BCUT2D eigenvalue weighted by molar-refractivity contribution is 7.91. The average Bonchev–Trinajstić information content (AvgIpc) is 3.61. The summed E-state index contributed by atoms with van der Waals surface area (Å²) in [4.78, 5) is 7.12. The Bertz CT molecular complexity index is 1680. The van der Waals surface area contributed by atoms with Crippen LogP contribution in [0.5, 0.6) is 0 Å². The molecule has 1 aliphatic carbocycles. The maximum absolute atomic E-state index is 12.6. The van der Waals surface area contributed by atoms with E-state index in [1.54, 1.807) is 16.5 Å². The fourth-order valence-electron chi connectivity index (χ4n) is 4.37. The zero-order valence-corrected chi connectivity index (χ0v) is 20.5. The van der Waals surface area contributed by atoms with Gasteiger partial charge in [0.15, 0.2) is 9.84 Å². The fraction of sp³-hybridized carbons (Fsp3) is 0.192. The molecule has 2 aromatic heterocycles. The molecular formula is C26H22ClN5O2S. The average molecular weight is 504 g/mol. The number of hydrogen-bond donors (Lipinski definition) is 0. The van der Waals surface area contributed by atoms with E-state index in [0.717, 1.165) is 46.4 Å². The van der Waals surface area contributed by atoms with E-state index in [1.165, 1.54) is 0 Å². The number of aromatic nitrogens is 4. The van der Waals surface area contributed by atoms with Gasteiger partial charge in [-0.2, -0.15) is 4.98 Å². The Balaban J connectivity index is 1.36. The van der Waals surface area contributed by atoms with Crippen LogP contribution in [0.2, 0.25) is 5.28 Å². The third kappa shape index (κ3) is 4.02. The predicted molar refractivity (Wildman–Crippen MR) is 138 cm³/mol. The highest BCUT2D eigenvalue weighted by Gasteiger charge is 2.29. The Morgan fingerprint density at radius 3 is 2.51 bits per heavy atom. The summed E-state index contributed by atoms with van der Waals surface area (Å²) in [5.74, 6) is 1.73. The molecule has 2 heterocycles. The van der Waals surface area contributed by atoms with Gasteiger partial charge < -0.3 is 4.90 Å². The van der Waals surface area contributed by atoms with Crippen molar-refractivity contribution in [1.29, 1.82) is 0 Å². The third-order valence-corrected chi connectivity index (χ3v) is 8.59. The van der Waals surface area contributed by atoms with Crippen molar-refractivity contribution in [1.82, 2.24) is 19.6 Å². The summed E-state index contributed by atoms with van der Waals surface area (Å²) in [6.07, 6.45) is 2.03. The largest absolute Gasteiger partial charge is 0.329 e. The molecule has 1 fully saturated rings. The van der Waals surface area contributed by atoms with Gasteiger partial charge in [0.2, 0.25) is 5.28 Å². The number of rotatable bonds is 6. The topological polar surface area (TPSA) is 80.5 Å².